The number of alkyl halides is 5. The second-order valence-corrected chi connectivity index (χ2v) is 13.8. The van der Waals surface area contributed by atoms with Crippen molar-refractivity contribution >= 4 is 34.0 Å². The molecule has 5 aliphatic rings. The molecule has 15 heteroatoms. The molecule has 1 saturated carbocycles. The van der Waals surface area contributed by atoms with Crippen molar-refractivity contribution in [3.05, 3.63) is 34.7 Å². The zero-order valence-corrected chi connectivity index (χ0v) is 24.8. The summed E-state index contributed by atoms with van der Waals surface area (Å²) in [5.74, 6) is -3.46. The average molecular weight is 654 g/mol. The molecule has 1 aliphatic carbocycles. The van der Waals surface area contributed by atoms with E-state index in [2.05, 4.69) is 25.2 Å². The van der Waals surface area contributed by atoms with E-state index in [4.69, 9.17) is 22.1 Å². The van der Waals surface area contributed by atoms with E-state index in [9.17, 15) is 22.0 Å². The molecule has 45 heavy (non-hydrogen) atoms. The molecule has 0 amide bonds. The van der Waals surface area contributed by atoms with Crippen molar-refractivity contribution in [3.63, 3.8) is 0 Å². The summed E-state index contributed by atoms with van der Waals surface area (Å²) in [7, 11) is 0. The number of nitrogens with two attached hydrogens (primary N) is 1. The van der Waals surface area contributed by atoms with Gasteiger partial charge in [0.2, 0.25) is 0 Å². The number of piperazine rings is 1. The maximum Gasteiger partial charge on any atom is 0.418 e. The Hall–Kier alpha value is -3.10. The van der Waals surface area contributed by atoms with Gasteiger partial charge in [-0.2, -0.15) is 23.1 Å². The first-order chi connectivity index (χ1) is 21.3. The van der Waals surface area contributed by atoms with E-state index in [1.165, 1.54) is 6.20 Å². The first kappa shape index (κ1) is 29.3. The molecule has 5 fully saturated rings. The number of fused-ring (bicyclic) bond motifs is 4. The summed E-state index contributed by atoms with van der Waals surface area (Å²) in [4.78, 5) is 17.2. The Balaban J connectivity index is 1.22. The zero-order chi connectivity index (χ0) is 31.5. The minimum Gasteiger partial charge on any atom is -0.461 e. The van der Waals surface area contributed by atoms with E-state index in [1.54, 1.807) is 0 Å². The van der Waals surface area contributed by atoms with Crippen LogP contribution >= 0.6 is 11.6 Å². The Labute approximate surface area is 259 Å². The molecule has 8 nitrogen and oxygen atoms in total. The van der Waals surface area contributed by atoms with Gasteiger partial charge in [-0.05, 0) is 50.8 Å². The second-order valence-electron chi connectivity index (χ2n) is 13.4. The molecule has 4 atom stereocenters. The first-order valence-corrected chi connectivity index (χ1v) is 15.4. The highest BCUT2D eigenvalue weighted by atomic mass is 35.5. The largest absolute Gasteiger partial charge is 0.461 e. The predicted molar refractivity (Wildman–Crippen MR) is 155 cm³/mol. The third-order valence-corrected chi connectivity index (χ3v) is 10.7. The molecule has 4 aliphatic heterocycles. The molecule has 1 aromatic carbocycles. The first-order valence-electron chi connectivity index (χ1n) is 15.1. The highest BCUT2D eigenvalue weighted by Crippen LogP contribution is 2.69. The normalized spacial score (nSPS) is 30.4. The number of hydrogen-bond acceptors (Lipinski definition) is 8. The standard InChI is InChI=1S/C30H30ClF6N7O/c31-20-7-15(38)6-18(21(20)30(35,36)37)23-22(32)24-19(8-39-23)25(43-9-16-2-3-17(10-43)40-16)42-26(41-24)45-14-28-4-1-5-44(28)13-27(11-28)12-29(27,33)34/h6-8,16-17,40H,1-5,9-14,38H2/t16-,17+,27-,28-/m0/s1. The van der Waals surface area contributed by atoms with Gasteiger partial charge in [-0.1, -0.05) is 11.6 Å². The van der Waals surface area contributed by atoms with Crippen molar-refractivity contribution in [2.24, 2.45) is 5.41 Å². The Morgan fingerprint density at radius 3 is 2.53 bits per heavy atom. The van der Waals surface area contributed by atoms with Crippen molar-refractivity contribution in [1.82, 2.24) is 25.2 Å². The van der Waals surface area contributed by atoms with Crippen LogP contribution in [0.15, 0.2) is 18.3 Å². The fraction of sp³-hybridized carbons (Fsp3) is 0.567. The highest BCUT2D eigenvalue weighted by molar-refractivity contribution is 6.32. The number of aromatic nitrogens is 3. The molecule has 2 aromatic heterocycles. The molecule has 8 rings (SSSR count). The van der Waals surface area contributed by atoms with Gasteiger partial charge in [-0.15, -0.1) is 0 Å². The summed E-state index contributed by atoms with van der Waals surface area (Å²) in [6, 6.07) is 2.15. The number of rotatable bonds is 5. The number of anilines is 2. The number of halogens is 7. The molecule has 0 unspecified atom stereocenters. The van der Waals surface area contributed by atoms with Gasteiger partial charge in [0.05, 0.1) is 26.9 Å². The van der Waals surface area contributed by atoms with Gasteiger partial charge in [-0.3, -0.25) is 9.88 Å². The van der Waals surface area contributed by atoms with Crippen LogP contribution < -0.4 is 20.7 Å². The summed E-state index contributed by atoms with van der Waals surface area (Å²) >= 11 is 5.95. The molecule has 6 heterocycles. The second kappa shape index (κ2) is 9.71. The third-order valence-electron chi connectivity index (χ3n) is 10.4. The number of benzene rings is 1. The molecule has 3 N–H and O–H groups in total. The molecule has 3 aromatic rings. The number of nitrogens with one attached hydrogen (secondary N) is 1. The fourth-order valence-corrected chi connectivity index (χ4v) is 8.57. The third kappa shape index (κ3) is 4.61. The number of nitrogen functional groups attached to an aromatic ring is 1. The SMILES string of the molecule is Nc1cc(Cl)c(C(F)(F)F)c(-c2ncc3c(N4C[C@H]5CC[C@@H](C4)N5)nc(OC[C@@]45CCCN4C[C@@]4(CC4(F)F)C5)nc3c2F)c1. The van der Waals surface area contributed by atoms with E-state index in [1.807, 2.05) is 4.90 Å². The lowest BCUT2D eigenvalue weighted by Crippen LogP contribution is -2.51. The van der Waals surface area contributed by atoms with E-state index >= 15 is 4.39 Å². The number of pyridine rings is 1. The van der Waals surface area contributed by atoms with E-state index in [0.717, 1.165) is 31.4 Å². The molecular formula is C30H30ClF6N7O. The van der Waals surface area contributed by atoms with Crippen LogP contribution in [0.1, 0.15) is 44.1 Å². The van der Waals surface area contributed by atoms with Crippen LogP contribution in [0.25, 0.3) is 22.2 Å². The summed E-state index contributed by atoms with van der Waals surface area (Å²) in [6.07, 6.45) is -0.0732. The van der Waals surface area contributed by atoms with Gasteiger partial charge in [-0.25, -0.2) is 13.2 Å². The van der Waals surface area contributed by atoms with Crippen LogP contribution in [-0.2, 0) is 6.18 Å². The maximum atomic E-state index is 16.4. The number of nitrogens with zero attached hydrogens (tertiary/aromatic N) is 5. The van der Waals surface area contributed by atoms with E-state index in [-0.39, 0.29) is 54.1 Å². The minimum absolute atomic E-state index is 0.0329. The van der Waals surface area contributed by atoms with Crippen molar-refractivity contribution in [2.45, 2.75) is 68.2 Å². The van der Waals surface area contributed by atoms with E-state index in [0.29, 0.717) is 38.4 Å². The smallest absolute Gasteiger partial charge is 0.418 e. The van der Waals surface area contributed by atoms with Gasteiger partial charge < -0.3 is 20.7 Å². The van der Waals surface area contributed by atoms with Crippen molar-refractivity contribution in [1.29, 1.82) is 0 Å². The maximum absolute atomic E-state index is 16.4. The summed E-state index contributed by atoms with van der Waals surface area (Å²) < 4.78 is 93.6. The Morgan fingerprint density at radius 2 is 1.84 bits per heavy atom. The van der Waals surface area contributed by atoms with E-state index < -0.39 is 50.7 Å². The van der Waals surface area contributed by atoms with Crippen LogP contribution in [-0.4, -0.2) is 76.2 Å². The summed E-state index contributed by atoms with van der Waals surface area (Å²) in [6.45, 7) is 2.16. The molecule has 4 saturated heterocycles. The lowest BCUT2D eigenvalue weighted by Gasteiger charge is -2.34. The van der Waals surface area contributed by atoms with Crippen LogP contribution in [0.5, 0.6) is 6.01 Å². The lowest BCUT2D eigenvalue weighted by molar-refractivity contribution is -0.137. The molecule has 240 valence electrons. The summed E-state index contributed by atoms with van der Waals surface area (Å²) in [5, 5.41) is 3.06. The zero-order valence-electron chi connectivity index (χ0n) is 24.0. The predicted octanol–water partition coefficient (Wildman–Crippen LogP) is 5.67. The van der Waals surface area contributed by atoms with Gasteiger partial charge in [0.25, 0.3) is 5.92 Å². The van der Waals surface area contributed by atoms with Gasteiger partial charge in [0.1, 0.15) is 23.6 Å². The Morgan fingerprint density at radius 1 is 1.11 bits per heavy atom. The van der Waals surface area contributed by atoms with Crippen molar-refractivity contribution in [2.75, 3.05) is 43.4 Å². The molecule has 1 spiro atoms. The highest BCUT2D eigenvalue weighted by Gasteiger charge is 2.77. The van der Waals surface area contributed by atoms with Crippen LogP contribution in [0.2, 0.25) is 5.02 Å². The van der Waals surface area contributed by atoms with Crippen LogP contribution in [0, 0.1) is 11.2 Å². The molecular weight excluding hydrogens is 624 g/mol. The fourth-order valence-electron chi connectivity index (χ4n) is 8.24. The molecule has 0 radical (unpaired) electrons. The minimum atomic E-state index is -4.92. The molecule has 2 bridgehead atoms. The summed E-state index contributed by atoms with van der Waals surface area (Å²) in [5.41, 5.74) is 1.30. The lowest BCUT2D eigenvalue weighted by atomic mass is 9.89. The average Bonchev–Trinajstić information content (AvgIpc) is 3.29. The Kier molecular flexibility index (Phi) is 6.32. The quantitative estimate of drug-likeness (QED) is 0.269. The monoisotopic (exact) mass is 653 g/mol. The topological polar surface area (TPSA) is 92.4 Å². The number of hydrogen-bond donors (Lipinski definition) is 2. The van der Waals surface area contributed by atoms with Crippen LogP contribution in [0.3, 0.4) is 0 Å². The Bertz CT molecular complexity index is 1710. The number of ether oxygens (including phenoxy) is 1. The van der Waals surface area contributed by atoms with Gasteiger partial charge >= 0.3 is 12.2 Å². The van der Waals surface area contributed by atoms with Gasteiger partial charge in [0.15, 0.2) is 5.82 Å². The van der Waals surface area contributed by atoms with Crippen molar-refractivity contribution < 1.29 is 31.1 Å². The van der Waals surface area contributed by atoms with Crippen LogP contribution in [0.4, 0.5) is 37.8 Å². The van der Waals surface area contributed by atoms with Crippen molar-refractivity contribution in [3.8, 4) is 17.3 Å². The van der Waals surface area contributed by atoms with Gasteiger partial charge in [0, 0.05) is 55.6 Å².